The summed E-state index contributed by atoms with van der Waals surface area (Å²) in [6, 6.07) is 8.59. The Balaban J connectivity index is 1.37. The summed E-state index contributed by atoms with van der Waals surface area (Å²) in [5, 5.41) is 10.2. The lowest BCUT2D eigenvalue weighted by Gasteiger charge is -2.30. The highest BCUT2D eigenvalue weighted by Gasteiger charge is 2.34. The van der Waals surface area contributed by atoms with Gasteiger partial charge in [-0.05, 0) is 36.4 Å². The lowest BCUT2D eigenvalue weighted by atomic mass is 10.00. The third-order valence-corrected chi connectivity index (χ3v) is 7.78. The Labute approximate surface area is 172 Å². The second kappa shape index (κ2) is 7.43. The minimum absolute atomic E-state index is 0.128. The van der Waals surface area contributed by atoms with Gasteiger partial charge in [0, 0.05) is 19.2 Å². The van der Waals surface area contributed by atoms with Crippen LogP contribution in [0.4, 0.5) is 0 Å². The van der Waals surface area contributed by atoms with Gasteiger partial charge in [-0.2, -0.15) is 4.31 Å². The van der Waals surface area contributed by atoms with Gasteiger partial charge in [0.25, 0.3) is 5.89 Å². The summed E-state index contributed by atoms with van der Waals surface area (Å²) in [6.45, 7) is 1.64. The number of thiophene rings is 1. The average Bonchev–Trinajstić information content (AvgIpc) is 3.45. The SMILES string of the molecule is O=S(=O)(c1ccc2c(c1)OCCO2)N1CCC[C@@H](c2nnc(-c3cccs3)o2)C1. The van der Waals surface area contributed by atoms with Crippen LogP contribution < -0.4 is 9.47 Å². The van der Waals surface area contributed by atoms with Gasteiger partial charge in [-0.1, -0.05) is 6.07 Å². The molecule has 0 N–H and O–H groups in total. The van der Waals surface area contributed by atoms with E-state index in [-0.39, 0.29) is 10.8 Å². The van der Waals surface area contributed by atoms with Gasteiger partial charge in [0.1, 0.15) is 13.2 Å². The lowest BCUT2D eigenvalue weighted by molar-refractivity contribution is 0.171. The van der Waals surface area contributed by atoms with E-state index in [4.69, 9.17) is 13.9 Å². The van der Waals surface area contributed by atoms with Crippen LogP contribution >= 0.6 is 11.3 Å². The van der Waals surface area contributed by atoms with Crippen LogP contribution in [0.2, 0.25) is 0 Å². The first-order valence-electron chi connectivity index (χ1n) is 9.38. The number of ether oxygens (including phenoxy) is 2. The van der Waals surface area contributed by atoms with Crippen LogP contribution in [0.1, 0.15) is 24.7 Å². The van der Waals surface area contributed by atoms with Crippen molar-refractivity contribution in [1.29, 1.82) is 0 Å². The third kappa shape index (κ3) is 3.52. The van der Waals surface area contributed by atoms with Crippen molar-refractivity contribution in [3.63, 3.8) is 0 Å². The summed E-state index contributed by atoms with van der Waals surface area (Å²) in [5.41, 5.74) is 0. The van der Waals surface area contributed by atoms with Gasteiger partial charge in [0.15, 0.2) is 11.5 Å². The Morgan fingerprint density at radius 2 is 1.97 bits per heavy atom. The van der Waals surface area contributed by atoms with E-state index in [2.05, 4.69) is 10.2 Å². The Morgan fingerprint density at radius 3 is 2.79 bits per heavy atom. The maximum atomic E-state index is 13.2. The van der Waals surface area contributed by atoms with Crippen molar-refractivity contribution in [3.8, 4) is 22.3 Å². The second-order valence-electron chi connectivity index (χ2n) is 6.93. The van der Waals surface area contributed by atoms with Crippen molar-refractivity contribution >= 4 is 21.4 Å². The smallest absolute Gasteiger partial charge is 0.257 e. The van der Waals surface area contributed by atoms with E-state index in [1.165, 1.54) is 21.7 Å². The summed E-state index contributed by atoms with van der Waals surface area (Å²) < 4.78 is 44.8. The summed E-state index contributed by atoms with van der Waals surface area (Å²) in [7, 11) is -3.66. The van der Waals surface area contributed by atoms with E-state index in [1.807, 2.05) is 17.5 Å². The predicted molar refractivity (Wildman–Crippen MR) is 106 cm³/mol. The van der Waals surface area contributed by atoms with Gasteiger partial charge in [0.05, 0.1) is 15.7 Å². The molecule has 0 amide bonds. The minimum atomic E-state index is -3.66. The highest BCUT2D eigenvalue weighted by molar-refractivity contribution is 7.89. The molecular weight excluding hydrogens is 414 g/mol. The third-order valence-electron chi connectivity index (χ3n) is 5.06. The number of sulfonamides is 1. The molecule has 4 heterocycles. The van der Waals surface area contributed by atoms with Gasteiger partial charge < -0.3 is 13.9 Å². The molecule has 0 spiro atoms. The number of nitrogens with zero attached hydrogens (tertiary/aromatic N) is 3. The van der Waals surface area contributed by atoms with Gasteiger partial charge in [0.2, 0.25) is 15.9 Å². The van der Waals surface area contributed by atoms with Gasteiger partial charge in [-0.15, -0.1) is 21.5 Å². The molecule has 2 aliphatic heterocycles. The Hall–Kier alpha value is -2.43. The Bertz CT molecular complexity index is 1110. The zero-order valence-electron chi connectivity index (χ0n) is 15.5. The van der Waals surface area contributed by atoms with Gasteiger partial charge >= 0.3 is 0 Å². The summed E-state index contributed by atoms with van der Waals surface area (Å²) in [6.07, 6.45) is 1.53. The van der Waals surface area contributed by atoms with E-state index < -0.39 is 10.0 Å². The lowest BCUT2D eigenvalue weighted by Crippen LogP contribution is -2.39. The molecule has 3 aromatic rings. The van der Waals surface area contributed by atoms with Crippen molar-refractivity contribution in [2.45, 2.75) is 23.7 Å². The van der Waals surface area contributed by atoms with Crippen molar-refractivity contribution in [1.82, 2.24) is 14.5 Å². The monoisotopic (exact) mass is 433 g/mol. The number of piperidine rings is 1. The molecule has 0 bridgehead atoms. The molecular formula is C19H19N3O5S2. The molecule has 2 aromatic heterocycles. The van der Waals surface area contributed by atoms with Crippen LogP contribution in [-0.2, 0) is 10.0 Å². The van der Waals surface area contributed by atoms with E-state index in [0.717, 1.165) is 17.7 Å². The molecule has 2 aliphatic rings. The zero-order valence-corrected chi connectivity index (χ0v) is 17.1. The van der Waals surface area contributed by atoms with Gasteiger partial charge in [-0.3, -0.25) is 0 Å². The van der Waals surface area contributed by atoms with E-state index in [9.17, 15) is 8.42 Å². The first kappa shape index (κ1) is 18.6. The summed E-state index contributed by atoms with van der Waals surface area (Å²) in [4.78, 5) is 1.10. The largest absolute Gasteiger partial charge is 0.486 e. The highest BCUT2D eigenvalue weighted by Crippen LogP contribution is 2.35. The molecule has 0 saturated carbocycles. The molecule has 1 saturated heterocycles. The first-order valence-corrected chi connectivity index (χ1v) is 11.7. The standard InChI is InChI=1S/C19H19N3O5S2/c23-29(24,14-5-6-15-16(11-14)26-9-8-25-15)22-7-1-3-13(12-22)18-20-21-19(27-18)17-4-2-10-28-17/h2,4-6,10-11,13H,1,3,7-9,12H2/t13-/m1/s1. The first-order chi connectivity index (χ1) is 14.1. The normalized spacial score (nSPS) is 19.9. The average molecular weight is 434 g/mol. The molecule has 5 rings (SSSR count). The summed E-state index contributed by atoms with van der Waals surface area (Å²) >= 11 is 1.52. The second-order valence-corrected chi connectivity index (χ2v) is 9.82. The van der Waals surface area contributed by atoms with Crippen LogP contribution in [0.15, 0.2) is 45.0 Å². The molecule has 1 fully saturated rings. The maximum Gasteiger partial charge on any atom is 0.257 e. The van der Waals surface area contributed by atoms with Crippen LogP contribution in [0.3, 0.4) is 0 Å². The fourth-order valence-corrected chi connectivity index (χ4v) is 5.78. The maximum absolute atomic E-state index is 13.2. The Kier molecular flexibility index (Phi) is 4.76. The highest BCUT2D eigenvalue weighted by atomic mass is 32.2. The fourth-order valence-electron chi connectivity index (χ4n) is 3.59. The molecule has 29 heavy (non-hydrogen) atoms. The predicted octanol–water partition coefficient (Wildman–Crippen LogP) is 3.14. The molecule has 10 heteroatoms. The molecule has 8 nitrogen and oxygen atoms in total. The van der Waals surface area contributed by atoms with Gasteiger partial charge in [-0.25, -0.2) is 8.42 Å². The number of hydrogen-bond acceptors (Lipinski definition) is 8. The van der Waals surface area contributed by atoms with Crippen LogP contribution in [0.5, 0.6) is 11.5 Å². The fraction of sp³-hybridized carbons (Fsp3) is 0.368. The summed E-state index contributed by atoms with van der Waals surface area (Å²) in [5.74, 6) is 1.86. The van der Waals surface area contributed by atoms with E-state index in [0.29, 0.717) is 49.6 Å². The van der Waals surface area contributed by atoms with Crippen LogP contribution in [0.25, 0.3) is 10.8 Å². The molecule has 1 atom stereocenters. The Morgan fingerprint density at radius 1 is 1.10 bits per heavy atom. The molecule has 0 aliphatic carbocycles. The zero-order chi connectivity index (χ0) is 19.8. The number of rotatable bonds is 4. The topological polar surface area (TPSA) is 94.8 Å². The van der Waals surface area contributed by atoms with Crippen molar-refractivity contribution in [3.05, 3.63) is 41.6 Å². The molecule has 1 aromatic carbocycles. The number of fused-ring (bicyclic) bond motifs is 1. The minimum Gasteiger partial charge on any atom is -0.486 e. The number of aromatic nitrogens is 2. The van der Waals surface area contributed by atoms with E-state index >= 15 is 0 Å². The quantitative estimate of drug-likeness (QED) is 0.624. The number of hydrogen-bond donors (Lipinski definition) is 0. The van der Waals surface area contributed by atoms with E-state index in [1.54, 1.807) is 12.1 Å². The molecule has 152 valence electrons. The van der Waals surface area contributed by atoms with Crippen molar-refractivity contribution < 1.29 is 22.3 Å². The van der Waals surface area contributed by atoms with Crippen LogP contribution in [0, 0.1) is 0 Å². The van der Waals surface area contributed by atoms with Crippen molar-refractivity contribution in [2.24, 2.45) is 0 Å². The number of benzene rings is 1. The molecule has 0 unspecified atom stereocenters. The van der Waals surface area contributed by atoms with Crippen LogP contribution in [-0.4, -0.2) is 49.2 Å². The molecule has 0 radical (unpaired) electrons. The van der Waals surface area contributed by atoms with Crippen molar-refractivity contribution in [2.75, 3.05) is 26.3 Å².